The van der Waals surface area contributed by atoms with Gasteiger partial charge in [0.1, 0.15) is 5.82 Å². The van der Waals surface area contributed by atoms with Gasteiger partial charge in [-0.1, -0.05) is 0 Å². The number of aryl methyl sites for hydroxylation is 1. The second-order valence-electron chi connectivity index (χ2n) is 4.42. The first kappa shape index (κ1) is 11.4. The SMILES string of the molecule is Cc1cc(CO)cc(N2CCN(C)CC2)n1. The average Bonchev–Trinajstić information content (AvgIpc) is 2.29. The maximum Gasteiger partial charge on any atom is 0.129 e. The molecule has 0 aromatic carbocycles. The predicted octanol–water partition coefficient (Wildman–Crippen LogP) is 0.634. The number of aromatic nitrogens is 1. The van der Waals surface area contributed by atoms with E-state index in [-0.39, 0.29) is 6.61 Å². The van der Waals surface area contributed by atoms with E-state index in [1.165, 1.54) is 0 Å². The summed E-state index contributed by atoms with van der Waals surface area (Å²) in [7, 11) is 2.14. The number of pyridine rings is 1. The molecule has 1 aliphatic rings. The van der Waals surface area contributed by atoms with E-state index in [0.29, 0.717) is 0 Å². The number of rotatable bonds is 2. The molecule has 4 nitrogen and oxygen atoms in total. The fraction of sp³-hybridized carbons (Fsp3) is 0.583. The first-order chi connectivity index (χ1) is 7.69. The standard InChI is InChI=1S/C12H19N3O/c1-10-7-11(9-16)8-12(13-10)15-5-3-14(2)4-6-15/h7-8,16H,3-6,9H2,1-2H3. The van der Waals surface area contributed by atoms with Gasteiger partial charge < -0.3 is 14.9 Å². The summed E-state index contributed by atoms with van der Waals surface area (Å²) in [6.45, 7) is 6.23. The molecule has 0 bridgehead atoms. The Bertz CT molecular complexity index is 359. The first-order valence-electron chi connectivity index (χ1n) is 5.71. The highest BCUT2D eigenvalue weighted by Crippen LogP contribution is 2.16. The monoisotopic (exact) mass is 221 g/mol. The fourth-order valence-electron chi connectivity index (χ4n) is 2.01. The summed E-state index contributed by atoms with van der Waals surface area (Å²) in [6, 6.07) is 3.91. The van der Waals surface area contributed by atoms with Crippen LogP contribution in [0.4, 0.5) is 5.82 Å². The van der Waals surface area contributed by atoms with E-state index in [1.54, 1.807) is 0 Å². The van der Waals surface area contributed by atoms with Crippen LogP contribution in [0.25, 0.3) is 0 Å². The Kier molecular flexibility index (Phi) is 3.41. The van der Waals surface area contributed by atoms with Crippen molar-refractivity contribution in [1.29, 1.82) is 0 Å². The molecule has 0 aliphatic carbocycles. The van der Waals surface area contributed by atoms with Gasteiger partial charge in [-0.05, 0) is 31.7 Å². The third-order valence-electron chi connectivity index (χ3n) is 3.01. The van der Waals surface area contributed by atoms with Crippen molar-refractivity contribution < 1.29 is 5.11 Å². The van der Waals surface area contributed by atoms with Crippen LogP contribution in [0.15, 0.2) is 12.1 Å². The van der Waals surface area contributed by atoms with Crippen molar-refractivity contribution in [1.82, 2.24) is 9.88 Å². The van der Waals surface area contributed by atoms with Crippen molar-refractivity contribution in [3.8, 4) is 0 Å². The zero-order chi connectivity index (χ0) is 11.5. The van der Waals surface area contributed by atoms with Gasteiger partial charge in [-0.15, -0.1) is 0 Å². The lowest BCUT2D eigenvalue weighted by Crippen LogP contribution is -2.44. The maximum atomic E-state index is 9.17. The van der Waals surface area contributed by atoms with Gasteiger partial charge >= 0.3 is 0 Å². The van der Waals surface area contributed by atoms with Crippen LogP contribution in [-0.2, 0) is 6.61 Å². The summed E-state index contributed by atoms with van der Waals surface area (Å²) in [5.74, 6) is 0.997. The number of aliphatic hydroxyl groups excluding tert-OH is 1. The van der Waals surface area contributed by atoms with Crippen molar-refractivity contribution in [2.75, 3.05) is 38.1 Å². The number of piperazine rings is 1. The summed E-state index contributed by atoms with van der Waals surface area (Å²) < 4.78 is 0. The van der Waals surface area contributed by atoms with E-state index in [1.807, 2.05) is 19.1 Å². The van der Waals surface area contributed by atoms with Crippen molar-refractivity contribution in [2.45, 2.75) is 13.5 Å². The molecule has 4 heteroatoms. The summed E-state index contributed by atoms with van der Waals surface area (Å²) in [5, 5.41) is 9.17. The molecule has 0 unspecified atom stereocenters. The lowest BCUT2D eigenvalue weighted by molar-refractivity contribution is 0.281. The molecule has 0 amide bonds. The van der Waals surface area contributed by atoms with E-state index in [2.05, 4.69) is 21.8 Å². The molecule has 0 radical (unpaired) electrons. The normalized spacial score (nSPS) is 17.8. The molecule has 2 heterocycles. The third-order valence-corrected chi connectivity index (χ3v) is 3.01. The highest BCUT2D eigenvalue weighted by Gasteiger charge is 2.15. The van der Waals surface area contributed by atoms with E-state index in [4.69, 9.17) is 0 Å². The molecular weight excluding hydrogens is 202 g/mol. The second-order valence-corrected chi connectivity index (χ2v) is 4.42. The Balaban J connectivity index is 2.16. The van der Waals surface area contributed by atoms with Crippen LogP contribution in [0, 0.1) is 6.92 Å². The van der Waals surface area contributed by atoms with Crippen molar-refractivity contribution in [2.24, 2.45) is 0 Å². The lowest BCUT2D eigenvalue weighted by atomic mass is 10.2. The van der Waals surface area contributed by atoms with Gasteiger partial charge in [-0.3, -0.25) is 0 Å². The Hall–Kier alpha value is -1.13. The van der Waals surface area contributed by atoms with Gasteiger partial charge in [-0.2, -0.15) is 0 Å². The summed E-state index contributed by atoms with van der Waals surface area (Å²) in [6.07, 6.45) is 0. The molecule has 16 heavy (non-hydrogen) atoms. The van der Waals surface area contributed by atoms with Crippen LogP contribution >= 0.6 is 0 Å². The van der Waals surface area contributed by atoms with Crippen LogP contribution in [0.3, 0.4) is 0 Å². The first-order valence-corrected chi connectivity index (χ1v) is 5.71. The van der Waals surface area contributed by atoms with Crippen LogP contribution in [-0.4, -0.2) is 48.2 Å². The largest absolute Gasteiger partial charge is 0.392 e. The van der Waals surface area contributed by atoms with Crippen LogP contribution < -0.4 is 4.90 Å². The van der Waals surface area contributed by atoms with Crippen LogP contribution in [0.2, 0.25) is 0 Å². The smallest absolute Gasteiger partial charge is 0.129 e. The number of likely N-dealkylation sites (N-methyl/N-ethyl adjacent to an activating group) is 1. The summed E-state index contributed by atoms with van der Waals surface area (Å²) >= 11 is 0. The molecule has 1 N–H and O–H groups in total. The molecule has 0 spiro atoms. The Labute approximate surface area is 96.5 Å². The molecule has 1 aromatic heterocycles. The molecule has 1 fully saturated rings. The Morgan fingerprint density at radius 2 is 1.94 bits per heavy atom. The zero-order valence-electron chi connectivity index (χ0n) is 9.98. The molecule has 88 valence electrons. The highest BCUT2D eigenvalue weighted by atomic mass is 16.3. The van der Waals surface area contributed by atoms with Crippen molar-refractivity contribution >= 4 is 5.82 Å². The molecule has 2 rings (SSSR count). The van der Waals surface area contributed by atoms with E-state index < -0.39 is 0 Å². The predicted molar refractivity (Wildman–Crippen MR) is 64.6 cm³/mol. The summed E-state index contributed by atoms with van der Waals surface area (Å²) in [4.78, 5) is 9.13. The highest BCUT2D eigenvalue weighted by molar-refractivity contribution is 5.43. The van der Waals surface area contributed by atoms with Gasteiger partial charge in [0.25, 0.3) is 0 Å². The van der Waals surface area contributed by atoms with Gasteiger partial charge in [0.15, 0.2) is 0 Å². The fourth-order valence-corrected chi connectivity index (χ4v) is 2.01. The lowest BCUT2D eigenvalue weighted by Gasteiger charge is -2.33. The van der Waals surface area contributed by atoms with Crippen LogP contribution in [0.5, 0.6) is 0 Å². The summed E-state index contributed by atoms with van der Waals surface area (Å²) in [5.41, 5.74) is 1.92. The number of nitrogens with zero attached hydrogens (tertiary/aromatic N) is 3. The second kappa shape index (κ2) is 4.80. The quantitative estimate of drug-likeness (QED) is 0.795. The van der Waals surface area contributed by atoms with Crippen LogP contribution in [0.1, 0.15) is 11.3 Å². The minimum Gasteiger partial charge on any atom is -0.392 e. The minimum atomic E-state index is 0.0874. The van der Waals surface area contributed by atoms with Gasteiger partial charge in [0.2, 0.25) is 0 Å². The number of hydrogen-bond donors (Lipinski definition) is 1. The van der Waals surface area contributed by atoms with Gasteiger partial charge in [-0.25, -0.2) is 4.98 Å². The number of anilines is 1. The van der Waals surface area contributed by atoms with Crippen molar-refractivity contribution in [3.63, 3.8) is 0 Å². The van der Waals surface area contributed by atoms with E-state index in [0.717, 1.165) is 43.3 Å². The minimum absolute atomic E-state index is 0.0874. The van der Waals surface area contributed by atoms with Gasteiger partial charge in [0, 0.05) is 31.9 Å². The molecular formula is C12H19N3O. The van der Waals surface area contributed by atoms with E-state index >= 15 is 0 Å². The molecule has 0 atom stereocenters. The maximum absolute atomic E-state index is 9.17. The van der Waals surface area contributed by atoms with E-state index in [9.17, 15) is 5.11 Å². The van der Waals surface area contributed by atoms with Crippen molar-refractivity contribution in [3.05, 3.63) is 23.4 Å². The molecule has 0 saturated carbocycles. The molecule has 1 aromatic rings. The zero-order valence-corrected chi connectivity index (χ0v) is 9.98. The number of aliphatic hydroxyl groups is 1. The Morgan fingerprint density at radius 1 is 1.25 bits per heavy atom. The molecule has 1 saturated heterocycles. The molecule has 1 aliphatic heterocycles. The number of hydrogen-bond acceptors (Lipinski definition) is 4. The topological polar surface area (TPSA) is 39.6 Å². The van der Waals surface area contributed by atoms with Gasteiger partial charge in [0.05, 0.1) is 6.61 Å². The Morgan fingerprint density at radius 3 is 2.56 bits per heavy atom. The third kappa shape index (κ3) is 2.51. The average molecular weight is 221 g/mol.